The maximum Gasteiger partial charge on any atom is 0.407 e. The number of imide groups is 1. The van der Waals surface area contributed by atoms with Crippen LogP contribution in [0.1, 0.15) is 141 Å². The Labute approximate surface area is 686 Å². The van der Waals surface area contributed by atoms with Gasteiger partial charge in [-0.25, -0.2) is 9.78 Å². The van der Waals surface area contributed by atoms with E-state index in [1.165, 1.54) is 24.1 Å². The predicted octanol–water partition coefficient (Wildman–Crippen LogP) is 2.50. The Morgan fingerprint density at radius 2 is 1.10 bits per heavy atom. The number of nitrogens with one attached hydrogen (secondary N) is 8. The molecule has 1 aromatic heterocycles. The summed E-state index contributed by atoms with van der Waals surface area (Å²) in [6.45, 7) is 22.4. The van der Waals surface area contributed by atoms with Gasteiger partial charge in [-0.15, -0.1) is 11.3 Å². The molecule has 0 spiro atoms. The Bertz CT molecular complexity index is 3280. The van der Waals surface area contributed by atoms with Crippen molar-refractivity contribution in [2.75, 3.05) is 180 Å². The zero-order valence-corrected chi connectivity index (χ0v) is 70.9. The third kappa shape index (κ3) is 41.8. The summed E-state index contributed by atoms with van der Waals surface area (Å²) in [7, 11) is 6.77. The molecule has 0 saturated heterocycles. The summed E-state index contributed by atoms with van der Waals surface area (Å²) in [5.41, 5.74) is -0.120. The highest BCUT2D eigenvalue weighted by Gasteiger charge is 2.40. The number of hydrogen-bond donors (Lipinski definition) is 9. The number of ether oxygens (including phenoxy) is 11. The van der Waals surface area contributed by atoms with Gasteiger partial charge in [0.1, 0.15) is 41.5 Å². The molecular formula is C79H130N12O24S. The normalized spacial score (nSPS) is 14.5. The highest BCUT2D eigenvalue weighted by atomic mass is 32.1. The minimum atomic E-state index is -1.23. The minimum Gasteiger partial charge on any atom is -0.481 e. The van der Waals surface area contributed by atoms with Gasteiger partial charge in [-0.2, -0.15) is 0 Å². The van der Waals surface area contributed by atoms with Crippen LogP contribution < -0.4 is 42.5 Å². The lowest BCUT2D eigenvalue weighted by Crippen LogP contribution is -2.60. The average molecular weight is 1660 g/mol. The quantitative estimate of drug-likeness (QED) is 0.0339. The number of hydrogen-bond acceptors (Lipinski definition) is 26. The first kappa shape index (κ1) is 102. The number of aliphatic carboxylic acids is 1. The first-order valence-corrected chi connectivity index (χ1v) is 40.7. The number of alkyl carbamates (subject to hydrolysis) is 1. The zero-order chi connectivity index (χ0) is 85.8. The molecule has 1 aromatic carbocycles. The molecule has 37 heteroatoms. The summed E-state index contributed by atoms with van der Waals surface area (Å²) >= 11 is 1.03. The first-order chi connectivity index (χ1) is 55.4. The number of likely N-dealkylation sites (N-methyl/N-ethyl adjacent to an activating group) is 2. The molecule has 1 aliphatic heterocycles. The molecule has 2 aromatic rings. The molecule has 3 rings (SSSR count). The van der Waals surface area contributed by atoms with Crippen molar-refractivity contribution in [2.45, 2.75) is 168 Å². The molecule has 2 heterocycles. The van der Waals surface area contributed by atoms with Crippen molar-refractivity contribution in [1.82, 2.24) is 62.2 Å². The number of amides is 11. The zero-order valence-electron chi connectivity index (χ0n) is 70.1. The molecular weight excluding hydrogens is 1530 g/mol. The highest BCUT2D eigenvalue weighted by molar-refractivity contribution is 7.09. The smallest absolute Gasteiger partial charge is 0.407 e. The van der Waals surface area contributed by atoms with E-state index in [2.05, 4.69) is 47.5 Å². The van der Waals surface area contributed by atoms with Crippen LogP contribution in [0.3, 0.4) is 0 Å². The van der Waals surface area contributed by atoms with Crippen molar-refractivity contribution in [3.05, 3.63) is 64.1 Å². The van der Waals surface area contributed by atoms with Gasteiger partial charge in [-0.1, -0.05) is 71.4 Å². The van der Waals surface area contributed by atoms with E-state index in [4.69, 9.17) is 52.1 Å². The van der Waals surface area contributed by atoms with Gasteiger partial charge in [0, 0.05) is 82.8 Å². The van der Waals surface area contributed by atoms with Crippen molar-refractivity contribution in [3.63, 3.8) is 0 Å². The summed E-state index contributed by atoms with van der Waals surface area (Å²) in [5, 5.41) is 33.2. The lowest BCUT2D eigenvalue weighted by molar-refractivity contribution is -0.142. The van der Waals surface area contributed by atoms with Crippen molar-refractivity contribution in [2.24, 2.45) is 17.8 Å². The SMILES string of the molecule is CC[C@H](C)[C@H](NC(=O)C(C)(C)N(C)C)C(=O)N(C)[C@H](C[C@@H](OC(=O)NCCNC(=O)[C@H](C)NC(=O)[C@H](C)NC(=O)[C@H](CCCCNC(=O)COCCOCCOCCOCCOCCOCCOCCOCCOCCOC)NC(=O)CCCN1C(=O)C=CC1=O)c1nc(C(=O)N[C@@H](Cc2ccccc2)C[C@H](C)C(=O)O)cs1)C(C)C. The second kappa shape index (κ2) is 58.6. The lowest BCUT2D eigenvalue weighted by Gasteiger charge is -2.38. The maximum atomic E-state index is 14.7. The van der Waals surface area contributed by atoms with E-state index < -0.39 is 107 Å². The van der Waals surface area contributed by atoms with Crippen LogP contribution >= 0.6 is 11.3 Å². The summed E-state index contributed by atoms with van der Waals surface area (Å²) < 4.78 is 60.2. The molecule has 116 heavy (non-hydrogen) atoms. The van der Waals surface area contributed by atoms with Crippen LogP contribution in [0, 0.1) is 17.8 Å². The van der Waals surface area contributed by atoms with Gasteiger partial charge >= 0.3 is 12.1 Å². The number of carbonyl (C=O) groups is 12. The first-order valence-electron chi connectivity index (χ1n) is 39.8. The van der Waals surface area contributed by atoms with E-state index in [-0.39, 0.29) is 118 Å². The fourth-order valence-electron chi connectivity index (χ4n) is 11.2. The van der Waals surface area contributed by atoms with E-state index in [1.54, 1.807) is 53.9 Å². The van der Waals surface area contributed by atoms with Crippen LogP contribution in [0.15, 0.2) is 47.9 Å². The summed E-state index contributed by atoms with van der Waals surface area (Å²) in [6.07, 6.45) is 1.82. The molecule has 0 bridgehead atoms. The summed E-state index contributed by atoms with van der Waals surface area (Å²) in [5.74, 6) is -7.84. The molecule has 36 nitrogen and oxygen atoms in total. The fourth-order valence-corrected chi connectivity index (χ4v) is 12.0. The van der Waals surface area contributed by atoms with Gasteiger partial charge in [-0.3, -0.25) is 62.5 Å². The molecule has 9 atom stereocenters. The van der Waals surface area contributed by atoms with Gasteiger partial charge < -0.3 is 105 Å². The van der Waals surface area contributed by atoms with Crippen molar-refractivity contribution in [1.29, 1.82) is 0 Å². The number of carboxylic acid groups (broad SMARTS) is 1. The number of aromatic nitrogens is 1. The van der Waals surface area contributed by atoms with Gasteiger partial charge in [-0.05, 0) is 97.7 Å². The van der Waals surface area contributed by atoms with Crippen LogP contribution in [-0.4, -0.2) is 318 Å². The Morgan fingerprint density at radius 3 is 1.62 bits per heavy atom. The highest BCUT2D eigenvalue weighted by Crippen LogP contribution is 2.32. The van der Waals surface area contributed by atoms with Gasteiger partial charge in [0.2, 0.25) is 41.4 Å². The Kier molecular flexibility index (Phi) is 51.5. The molecule has 0 saturated carbocycles. The van der Waals surface area contributed by atoms with Crippen LogP contribution in [0.5, 0.6) is 0 Å². The topological polar surface area (TPSA) is 445 Å². The molecule has 11 amide bonds. The number of methoxy groups -OCH3 is 1. The average Bonchev–Trinajstić information content (AvgIpc) is 1.40. The van der Waals surface area contributed by atoms with E-state index >= 15 is 0 Å². The van der Waals surface area contributed by atoms with Crippen molar-refractivity contribution in [3.8, 4) is 0 Å². The second-order valence-corrected chi connectivity index (χ2v) is 29.8. The molecule has 1 aliphatic rings. The van der Waals surface area contributed by atoms with E-state index in [9.17, 15) is 62.6 Å². The van der Waals surface area contributed by atoms with Crippen molar-refractivity contribution >= 4 is 82.5 Å². The van der Waals surface area contributed by atoms with Crippen LogP contribution in [0.2, 0.25) is 0 Å². The van der Waals surface area contributed by atoms with Gasteiger partial charge in [0.25, 0.3) is 17.7 Å². The van der Waals surface area contributed by atoms with Gasteiger partial charge in [0.15, 0.2) is 6.10 Å². The largest absolute Gasteiger partial charge is 0.481 e. The Hall–Kier alpha value is -8.21. The Morgan fingerprint density at radius 1 is 0.586 bits per heavy atom. The second-order valence-electron chi connectivity index (χ2n) is 28.9. The van der Waals surface area contributed by atoms with Gasteiger partial charge in [0.05, 0.1) is 130 Å². The molecule has 0 radical (unpaired) electrons. The minimum absolute atomic E-state index is 0.0237. The molecule has 0 aliphatic carbocycles. The number of thiazole rings is 1. The molecule has 9 N–H and O–H groups in total. The molecule has 656 valence electrons. The monoisotopic (exact) mass is 1660 g/mol. The molecule has 0 unspecified atom stereocenters. The van der Waals surface area contributed by atoms with E-state index in [0.29, 0.717) is 131 Å². The lowest BCUT2D eigenvalue weighted by atomic mass is 9.92. The summed E-state index contributed by atoms with van der Waals surface area (Å²) in [4.78, 5) is 168. The third-order valence-electron chi connectivity index (χ3n) is 18.9. The predicted molar refractivity (Wildman–Crippen MR) is 429 cm³/mol. The van der Waals surface area contributed by atoms with E-state index in [1.807, 2.05) is 58.0 Å². The fraction of sp³-hybridized carbons (Fsp3) is 0.709. The number of carbonyl (C=O) groups excluding carboxylic acids is 11. The Balaban J connectivity index is 1.51. The van der Waals surface area contributed by atoms with E-state index in [0.717, 1.165) is 34.0 Å². The number of nitrogens with zero attached hydrogens (tertiary/aromatic N) is 4. The van der Waals surface area contributed by atoms with Crippen molar-refractivity contribution < 1.29 is 115 Å². The standard InChI is InChI=1S/C79H130N12O24S/c1-14-55(4)69(88-77(103)79(8,9)89(10)11)75(100)90(12)63(54(2)3)51-64(74-87-62(53-116-74)73(99)85-60(49-56(5)76(101)102)50-59-21-16-15-17-22-59)115-78(104)82-29-28-81-70(96)57(6)83-71(97)58(7)84-72(98)61(86-65(92)24-20-30-91-67(94)25-26-68(91)95)23-18-19-27-80-66(93)52-114-48-47-113-46-45-112-44-43-111-42-41-110-40-39-109-38-37-108-36-35-107-34-33-106-32-31-105-13/h15-17,21-22,25-26,53-58,60-61,63-64,69H,14,18-20,23-24,27-52H2,1-13H3,(H,80,93)(H,81,96)(H,82,104)(H,83,97)(H,84,98)(H,85,99)(H,86,92)(H,88,103)(H,101,102)/t55-,56-,57-,58-,60+,61-,63+,64+,69-/m0/s1. The number of benzene rings is 1. The maximum absolute atomic E-state index is 14.7. The third-order valence-corrected chi connectivity index (χ3v) is 19.9. The van der Waals surface area contributed by atoms with Crippen LogP contribution in [-0.2, 0) is 106 Å². The number of carboxylic acids is 1. The number of rotatable bonds is 66. The summed E-state index contributed by atoms with van der Waals surface area (Å²) in [6, 6.07) is 3.52. The number of unbranched alkanes of at least 4 members (excludes halogenated alkanes) is 1. The van der Waals surface area contributed by atoms with Crippen LogP contribution in [0.4, 0.5) is 4.79 Å². The van der Waals surface area contributed by atoms with Crippen LogP contribution in [0.25, 0.3) is 0 Å². The molecule has 0 fully saturated rings.